The minimum Gasteiger partial charge on any atom is -0.305 e. The van der Waals surface area contributed by atoms with Gasteiger partial charge in [0.25, 0.3) is 11.6 Å². The maximum atomic E-state index is 12.0. The Morgan fingerprint density at radius 2 is 2.05 bits per heavy atom. The number of aromatic nitrogens is 3. The van der Waals surface area contributed by atoms with E-state index in [1.165, 1.54) is 12.4 Å². The standard InChI is InChI=1S/C10H5BrClN5O3/c11-7-3-14-8(4-13-7)16-10(18)6-1-5(17(19)20)2-15-9(6)12/h1-4H,(H,14,16,18). The van der Waals surface area contributed by atoms with Crippen molar-refractivity contribution in [2.24, 2.45) is 0 Å². The van der Waals surface area contributed by atoms with Crippen LogP contribution in [0.4, 0.5) is 11.5 Å². The number of anilines is 1. The topological polar surface area (TPSA) is 111 Å². The monoisotopic (exact) mass is 357 g/mol. The molecule has 0 aromatic carbocycles. The lowest BCUT2D eigenvalue weighted by atomic mass is 10.2. The molecule has 0 bridgehead atoms. The minimum absolute atomic E-state index is 0.120. The second-order valence-electron chi connectivity index (χ2n) is 3.47. The lowest BCUT2D eigenvalue weighted by Gasteiger charge is -2.05. The van der Waals surface area contributed by atoms with Crippen molar-refractivity contribution in [3.8, 4) is 0 Å². The Kier molecular flexibility index (Phi) is 4.20. The van der Waals surface area contributed by atoms with Crippen LogP contribution in [0.25, 0.3) is 0 Å². The zero-order valence-corrected chi connectivity index (χ0v) is 11.9. The van der Waals surface area contributed by atoms with Gasteiger partial charge in [-0.25, -0.2) is 15.0 Å². The molecule has 2 rings (SSSR count). The van der Waals surface area contributed by atoms with Gasteiger partial charge in [0.05, 0.1) is 22.9 Å². The van der Waals surface area contributed by atoms with Crippen molar-refractivity contribution in [1.82, 2.24) is 15.0 Å². The van der Waals surface area contributed by atoms with E-state index in [9.17, 15) is 14.9 Å². The lowest BCUT2D eigenvalue weighted by Crippen LogP contribution is -2.14. The van der Waals surface area contributed by atoms with Crippen LogP contribution in [-0.2, 0) is 0 Å². The maximum Gasteiger partial charge on any atom is 0.288 e. The molecule has 8 nitrogen and oxygen atoms in total. The van der Waals surface area contributed by atoms with Gasteiger partial charge in [0.1, 0.15) is 16.0 Å². The lowest BCUT2D eigenvalue weighted by molar-refractivity contribution is -0.385. The van der Waals surface area contributed by atoms with Gasteiger partial charge in [0.2, 0.25) is 0 Å². The number of rotatable bonds is 3. The fraction of sp³-hybridized carbons (Fsp3) is 0. The molecule has 1 N–H and O–H groups in total. The van der Waals surface area contributed by atoms with E-state index >= 15 is 0 Å². The predicted octanol–water partition coefficient (Wildman–Crippen LogP) is 2.45. The number of amides is 1. The molecule has 20 heavy (non-hydrogen) atoms. The quantitative estimate of drug-likeness (QED) is 0.512. The number of hydrogen-bond donors (Lipinski definition) is 1. The summed E-state index contributed by atoms with van der Waals surface area (Å²) in [4.78, 5) is 33.3. The minimum atomic E-state index is -0.667. The highest BCUT2D eigenvalue weighted by atomic mass is 79.9. The van der Waals surface area contributed by atoms with Crippen LogP contribution in [0.15, 0.2) is 29.3 Å². The van der Waals surface area contributed by atoms with Crippen molar-refractivity contribution in [1.29, 1.82) is 0 Å². The van der Waals surface area contributed by atoms with E-state index in [0.29, 0.717) is 4.60 Å². The molecule has 0 unspecified atom stereocenters. The molecule has 2 heterocycles. The van der Waals surface area contributed by atoms with Crippen LogP contribution in [0.1, 0.15) is 10.4 Å². The molecule has 0 aliphatic carbocycles. The van der Waals surface area contributed by atoms with E-state index < -0.39 is 10.8 Å². The summed E-state index contributed by atoms with van der Waals surface area (Å²) in [5.74, 6) is -0.483. The van der Waals surface area contributed by atoms with Gasteiger partial charge in [-0.05, 0) is 15.9 Å². The van der Waals surface area contributed by atoms with Crippen molar-refractivity contribution in [3.63, 3.8) is 0 Å². The van der Waals surface area contributed by atoms with Gasteiger partial charge in [-0.1, -0.05) is 11.6 Å². The SMILES string of the molecule is O=C(Nc1cnc(Br)cn1)c1cc([N+](=O)[O-])cnc1Cl. The summed E-state index contributed by atoms with van der Waals surface area (Å²) in [5.41, 5.74) is -0.452. The molecule has 0 saturated carbocycles. The summed E-state index contributed by atoms with van der Waals surface area (Å²) in [5, 5.41) is 12.9. The van der Waals surface area contributed by atoms with E-state index in [4.69, 9.17) is 11.6 Å². The van der Waals surface area contributed by atoms with E-state index in [2.05, 4.69) is 36.2 Å². The Morgan fingerprint density at radius 3 is 2.65 bits per heavy atom. The van der Waals surface area contributed by atoms with Crippen LogP contribution < -0.4 is 5.32 Å². The molecule has 0 spiro atoms. The summed E-state index contributed by atoms with van der Waals surface area (Å²) in [6.45, 7) is 0. The Balaban J connectivity index is 2.26. The number of nitrogens with zero attached hydrogens (tertiary/aromatic N) is 4. The fourth-order valence-electron chi connectivity index (χ4n) is 1.26. The zero-order chi connectivity index (χ0) is 14.7. The highest BCUT2D eigenvalue weighted by molar-refractivity contribution is 9.10. The van der Waals surface area contributed by atoms with Crippen molar-refractivity contribution >= 4 is 44.9 Å². The van der Waals surface area contributed by atoms with E-state index in [1.807, 2.05) is 0 Å². The first-order valence-corrected chi connectivity index (χ1v) is 6.23. The van der Waals surface area contributed by atoms with Gasteiger partial charge in [0, 0.05) is 6.07 Å². The molecule has 1 amide bonds. The maximum absolute atomic E-state index is 12.0. The van der Waals surface area contributed by atoms with Crippen molar-refractivity contribution < 1.29 is 9.72 Å². The molecule has 2 aromatic rings. The zero-order valence-electron chi connectivity index (χ0n) is 9.58. The normalized spacial score (nSPS) is 10.1. The molecule has 0 aliphatic heterocycles. The second-order valence-corrected chi connectivity index (χ2v) is 4.64. The Morgan fingerprint density at radius 1 is 1.30 bits per heavy atom. The number of nitro groups is 1. The van der Waals surface area contributed by atoms with E-state index in [-0.39, 0.29) is 22.2 Å². The summed E-state index contributed by atoms with van der Waals surface area (Å²) in [6.07, 6.45) is 3.68. The van der Waals surface area contributed by atoms with Gasteiger partial charge in [0.15, 0.2) is 5.82 Å². The summed E-state index contributed by atoms with van der Waals surface area (Å²) in [6, 6.07) is 1.04. The van der Waals surface area contributed by atoms with Crippen LogP contribution in [0.5, 0.6) is 0 Å². The summed E-state index contributed by atoms with van der Waals surface area (Å²) >= 11 is 8.85. The predicted molar refractivity (Wildman–Crippen MR) is 73.6 cm³/mol. The average molecular weight is 359 g/mol. The van der Waals surface area contributed by atoms with Gasteiger partial charge < -0.3 is 5.32 Å². The van der Waals surface area contributed by atoms with Crippen molar-refractivity contribution in [2.75, 3.05) is 5.32 Å². The van der Waals surface area contributed by atoms with Crippen LogP contribution in [0, 0.1) is 10.1 Å². The highest BCUT2D eigenvalue weighted by Crippen LogP contribution is 2.20. The van der Waals surface area contributed by atoms with Crippen LogP contribution in [0.2, 0.25) is 5.15 Å². The average Bonchev–Trinajstić information content (AvgIpc) is 2.41. The molecular formula is C10H5BrClN5O3. The summed E-state index contributed by atoms with van der Waals surface area (Å²) in [7, 11) is 0. The number of pyridine rings is 1. The molecule has 10 heteroatoms. The van der Waals surface area contributed by atoms with Gasteiger partial charge in [-0.15, -0.1) is 0 Å². The van der Waals surface area contributed by atoms with Crippen LogP contribution in [0.3, 0.4) is 0 Å². The molecule has 0 saturated heterocycles. The Hall–Kier alpha value is -2.13. The molecule has 0 radical (unpaired) electrons. The number of carbonyl (C=O) groups excluding carboxylic acids is 1. The van der Waals surface area contributed by atoms with E-state index in [1.54, 1.807) is 0 Å². The third kappa shape index (κ3) is 3.25. The number of halogens is 2. The highest BCUT2D eigenvalue weighted by Gasteiger charge is 2.17. The van der Waals surface area contributed by atoms with Gasteiger partial charge in [-0.2, -0.15) is 0 Å². The molecule has 0 fully saturated rings. The molecule has 102 valence electrons. The smallest absolute Gasteiger partial charge is 0.288 e. The molecule has 0 atom stereocenters. The first-order valence-electron chi connectivity index (χ1n) is 5.06. The summed E-state index contributed by atoms with van der Waals surface area (Å²) < 4.78 is 0.505. The van der Waals surface area contributed by atoms with Gasteiger partial charge in [-0.3, -0.25) is 14.9 Å². The van der Waals surface area contributed by atoms with E-state index in [0.717, 1.165) is 12.3 Å². The molecule has 0 aliphatic rings. The second kappa shape index (κ2) is 5.88. The Labute approximate surface area is 125 Å². The Bertz CT molecular complexity index is 679. The molecular weight excluding hydrogens is 353 g/mol. The number of nitrogens with one attached hydrogen (secondary N) is 1. The first-order chi connectivity index (χ1) is 9.47. The van der Waals surface area contributed by atoms with Crippen LogP contribution in [-0.4, -0.2) is 25.8 Å². The third-order valence-corrected chi connectivity index (χ3v) is 2.85. The van der Waals surface area contributed by atoms with Crippen molar-refractivity contribution in [3.05, 3.63) is 50.1 Å². The third-order valence-electron chi connectivity index (χ3n) is 2.14. The fourth-order valence-corrected chi connectivity index (χ4v) is 1.65. The number of carbonyl (C=O) groups is 1. The van der Waals surface area contributed by atoms with Gasteiger partial charge >= 0.3 is 0 Å². The van der Waals surface area contributed by atoms with Crippen LogP contribution >= 0.6 is 27.5 Å². The number of hydrogen-bond acceptors (Lipinski definition) is 6. The largest absolute Gasteiger partial charge is 0.305 e. The van der Waals surface area contributed by atoms with Crippen molar-refractivity contribution in [2.45, 2.75) is 0 Å². The molecule has 2 aromatic heterocycles. The first kappa shape index (κ1) is 14.3.